The first-order valence-corrected chi connectivity index (χ1v) is 6.47. The van der Waals surface area contributed by atoms with Crippen molar-refractivity contribution in [1.29, 1.82) is 0 Å². The average molecular weight is 254 g/mol. The molecule has 2 N–H and O–H groups in total. The second kappa shape index (κ2) is 5.77. The Bertz CT molecular complexity index is 372. The molecule has 0 bridgehead atoms. The molecule has 0 spiro atoms. The lowest BCUT2D eigenvalue weighted by Gasteiger charge is -2.35. The minimum atomic E-state index is -0.258. The predicted octanol–water partition coefficient (Wildman–Crippen LogP) is 0.883. The van der Waals surface area contributed by atoms with E-state index in [0.717, 1.165) is 18.7 Å². The molecule has 0 radical (unpaired) electrons. The van der Waals surface area contributed by atoms with Gasteiger partial charge in [0.1, 0.15) is 12.9 Å². The Kier molecular flexibility index (Phi) is 4.31. The van der Waals surface area contributed by atoms with E-state index in [0.29, 0.717) is 26.4 Å². The maximum Gasteiger partial charge on any atom is 0.153 e. The van der Waals surface area contributed by atoms with Crippen LogP contribution < -0.4 is 5.73 Å². The highest BCUT2D eigenvalue weighted by Crippen LogP contribution is 2.25. The van der Waals surface area contributed by atoms with Gasteiger partial charge in [0.25, 0.3) is 0 Å². The largest absolute Gasteiger partial charge is 0.381 e. The first kappa shape index (κ1) is 13.5. The molecule has 2 heterocycles. The van der Waals surface area contributed by atoms with Gasteiger partial charge < -0.3 is 15.2 Å². The fraction of sp³-hybridized carbons (Fsp3) is 0.833. The Balaban J connectivity index is 1.99. The second-order valence-electron chi connectivity index (χ2n) is 5.00. The molecule has 102 valence electrons. The Morgan fingerprint density at radius 3 is 2.83 bits per heavy atom. The van der Waals surface area contributed by atoms with E-state index in [9.17, 15) is 0 Å². The smallest absolute Gasteiger partial charge is 0.153 e. The van der Waals surface area contributed by atoms with Crippen LogP contribution >= 0.6 is 0 Å². The van der Waals surface area contributed by atoms with Gasteiger partial charge in [0.2, 0.25) is 0 Å². The molecule has 1 aliphatic heterocycles. The first-order chi connectivity index (χ1) is 8.67. The van der Waals surface area contributed by atoms with Gasteiger partial charge in [-0.3, -0.25) is 0 Å². The van der Waals surface area contributed by atoms with Gasteiger partial charge in [-0.2, -0.15) is 5.10 Å². The van der Waals surface area contributed by atoms with Crippen LogP contribution in [0.4, 0.5) is 0 Å². The summed E-state index contributed by atoms with van der Waals surface area (Å²) >= 11 is 0. The lowest BCUT2D eigenvalue weighted by Crippen LogP contribution is -2.45. The fourth-order valence-corrected chi connectivity index (χ4v) is 2.18. The molecular formula is C12H22N4O2. The first-order valence-electron chi connectivity index (χ1n) is 6.47. The number of aromatic nitrogens is 3. The van der Waals surface area contributed by atoms with Crippen molar-refractivity contribution in [3.8, 4) is 0 Å². The zero-order chi connectivity index (χ0) is 13.0. The zero-order valence-corrected chi connectivity index (χ0v) is 11.1. The van der Waals surface area contributed by atoms with Crippen LogP contribution in [0.2, 0.25) is 0 Å². The Morgan fingerprint density at radius 1 is 1.50 bits per heavy atom. The van der Waals surface area contributed by atoms with Crippen LogP contribution in [0, 0.1) is 0 Å². The maximum absolute atomic E-state index is 6.03. The van der Waals surface area contributed by atoms with Crippen molar-refractivity contribution in [2.45, 2.75) is 44.9 Å². The predicted molar refractivity (Wildman–Crippen MR) is 67.0 cm³/mol. The average Bonchev–Trinajstić information content (AvgIpc) is 2.86. The maximum atomic E-state index is 6.03. The molecule has 0 atom stereocenters. The van der Waals surface area contributed by atoms with Crippen molar-refractivity contribution in [3.63, 3.8) is 0 Å². The second-order valence-corrected chi connectivity index (χ2v) is 5.00. The van der Waals surface area contributed by atoms with E-state index in [1.165, 1.54) is 0 Å². The third kappa shape index (κ3) is 2.88. The van der Waals surface area contributed by atoms with E-state index >= 15 is 0 Å². The number of hydrogen-bond acceptors (Lipinski definition) is 5. The van der Waals surface area contributed by atoms with E-state index in [4.69, 9.17) is 15.2 Å². The van der Waals surface area contributed by atoms with Crippen LogP contribution in [-0.4, -0.2) is 40.1 Å². The summed E-state index contributed by atoms with van der Waals surface area (Å²) in [6.45, 7) is 6.56. The highest BCUT2D eigenvalue weighted by atomic mass is 16.5. The number of nitrogens with two attached hydrogens (primary N) is 1. The number of ether oxygens (including phenoxy) is 2. The quantitative estimate of drug-likeness (QED) is 0.844. The number of rotatable bonds is 5. The topological polar surface area (TPSA) is 75.2 Å². The van der Waals surface area contributed by atoms with Crippen LogP contribution in [0.1, 0.15) is 38.6 Å². The van der Waals surface area contributed by atoms with Gasteiger partial charge in [-0.1, -0.05) is 0 Å². The van der Waals surface area contributed by atoms with Crippen LogP contribution in [0.5, 0.6) is 0 Å². The summed E-state index contributed by atoms with van der Waals surface area (Å²) in [5.41, 5.74) is 5.59. The third-order valence-corrected chi connectivity index (χ3v) is 3.42. The summed E-state index contributed by atoms with van der Waals surface area (Å²) in [6.07, 6.45) is 3.26. The molecule has 0 saturated carbocycles. The van der Waals surface area contributed by atoms with Crippen molar-refractivity contribution in [1.82, 2.24) is 14.8 Å². The number of nitrogens with zero attached hydrogens (tertiary/aromatic N) is 3. The summed E-state index contributed by atoms with van der Waals surface area (Å²) in [5.74, 6) is 0.851. The molecule has 1 aromatic heterocycles. The van der Waals surface area contributed by atoms with Gasteiger partial charge in [0.15, 0.2) is 5.82 Å². The van der Waals surface area contributed by atoms with Gasteiger partial charge >= 0.3 is 0 Å². The molecule has 2 rings (SSSR count). The minimum Gasteiger partial charge on any atom is -0.381 e. The Morgan fingerprint density at radius 2 is 2.22 bits per heavy atom. The summed E-state index contributed by atoms with van der Waals surface area (Å²) in [7, 11) is 0. The van der Waals surface area contributed by atoms with E-state index in [2.05, 4.69) is 23.9 Å². The molecule has 0 amide bonds. The molecule has 18 heavy (non-hydrogen) atoms. The van der Waals surface area contributed by atoms with Gasteiger partial charge in [0, 0.05) is 38.6 Å². The van der Waals surface area contributed by atoms with E-state index in [1.807, 2.05) is 4.68 Å². The van der Waals surface area contributed by atoms with Gasteiger partial charge in [-0.25, -0.2) is 9.67 Å². The van der Waals surface area contributed by atoms with Crippen LogP contribution in [-0.2, 0) is 16.1 Å². The molecule has 1 saturated heterocycles. The van der Waals surface area contributed by atoms with Crippen molar-refractivity contribution >= 4 is 0 Å². The molecule has 1 aromatic rings. The molecular weight excluding hydrogens is 232 g/mol. The molecule has 6 heteroatoms. The van der Waals surface area contributed by atoms with Crippen LogP contribution in [0.25, 0.3) is 0 Å². The SMILES string of the molecule is CC(C)n1ncnc1COC1(CN)CCOCC1. The minimum absolute atomic E-state index is 0.258. The molecule has 1 fully saturated rings. The van der Waals surface area contributed by atoms with Crippen LogP contribution in [0.3, 0.4) is 0 Å². The van der Waals surface area contributed by atoms with Gasteiger partial charge in [-0.15, -0.1) is 0 Å². The summed E-state index contributed by atoms with van der Waals surface area (Å²) < 4.78 is 13.3. The fourth-order valence-electron chi connectivity index (χ4n) is 2.18. The van der Waals surface area contributed by atoms with Crippen molar-refractivity contribution in [2.24, 2.45) is 5.73 Å². The zero-order valence-electron chi connectivity index (χ0n) is 11.1. The summed E-state index contributed by atoms with van der Waals surface area (Å²) in [6, 6.07) is 0.287. The molecule has 0 aliphatic carbocycles. The highest BCUT2D eigenvalue weighted by Gasteiger charge is 2.32. The van der Waals surface area contributed by atoms with E-state index in [1.54, 1.807) is 6.33 Å². The van der Waals surface area contributed by atoms with E-state index in [-0.39, 0.29) is 11.6 Å². The molecule has 0 unspecified atom stereocenters. The molecule has 1 aliphatic rings. The van der Waals surface area contributed by atoms with Crippen molar-refractivity contribution < 1.29 is 9.47 Å². The standard InChI is InChI=1S/C12H22N4O2/c1-10(2)16-11(14-9-15-16)7-18-12(8-13)3-5-17-6-4-12/h9-10H,3-8,13H2,1-2H3. The highest BCUT2D eigenvalue weighted by molar-refractivity contribution is 4.89. The van der Waals surface area contributed by atoms with Crippen molar-refractivity contribution in [3.05, 3.63) is 12.2 Å². The van der Waals surface area contributed by atoms with E-state index < -0.39 is 0 Å². The van der Waals surface area contributed by atoms with Crippen LogP contribution in [0.15, 0.2) is 6.33 Å². The third-order valence-electron chi connectivity index (χ3n) is 3.42. The Labute approximate surface area is 107 Å². The van der Waals surface area contributed by atoms with Gasteiger partial charge in [-0.05, 0) is 13.8 Å². The monoisotopic (exact) mass is 254 g/mol. The summed E-state index contributed by atoms with van der Waals surface area (Å²) in [5, 5.41) is 4.20. The molecule has 0 aromatic carbocycles. The molecule has 6 nitrogen and oxygen atoms in total. The van der Waals surface area contributed by atoms with Gasteiger partial charge in [0.05, 0.1) is 5.60 Å². The lowest BCUT2D eigenvalue weighted by molar-refractivity contribution is -0.115. The Hall–Kier alpha value is -0.980. The number of hydrogen-bond donors (Lipinski definition) is 1. The van der Waals surface area contributed by atoms with Crippen molar-refractivity contribution in [2.75, 3.05) is 19.8 Å². The summed E-state index contributed by atoms with van der Waals surface area (Å²) in [4.78, 5) is 4.24. The normalized spacial score (nSPS) is 19.3. The lowest BCUT2D eigenvalue weighted by atomic mass is 9.94.